The van der Waals surface area contributed by atoms with Gasteiger partial charge >= 0.3 is 0 Å². The molecule has 0 spiro atoms. The zero-order valence-electron chi connectivity index (χ0n) is 14.1. The molecule has 120 valence electrons. The molecule has 1 unspecified atom stereocenters. The zero-order valence-corrected chi connectivity index (χ0v) is 14.1. The number of rotatable bonds is 6. The second-order valence-corrected chi connectivity index (χ2v) is 5.85. The van der Waals surface area contributed by atoms with Crippen LogP contribution in [-0.2, 0) is 26.3 Å². The van der Waals surface area contributed by atoms with Gasteiger partial charge in [-0.15, -0.1) is 0 Å². The second-order valence-electron chi connectivity index (χ2n) is 5.85. The molecule has 0 saturated heterocycles. The highest BCUT2D eigenvalue weighted by molar-refractivity contribution is 5.37. The van der Waals surface area contributed by atoms with Gasteiger partial charge in [-0.05, 0) is 24.8 Å². The fraction of sp³-hybridized carbons (Fsp3) is 0.368. The lowest BCUT2D eigenvalue weighted by atomic mass is 9.88. The Morgan fingerprint density at radius 1 is 1.13 bits per heavy atom. The molecule has 0 saturated carbocycles. The van der Waals surface area contributed by atoms with Crippen LogP contribution in [0, 0.1) is 0 Å². The average molecular weight is 308 g/mol. The van der Waals surface area contributed by atoms with Gasteiger partial charge in [0.15, 0.2) is 0 Å². The van der Waals surface area contributed by atoms with Crippen molar-refractivity contribution >= 4 is 0 Å². The first-order chi connectivity index (χ1) is 11.2. The number of aryl methyl sites for hydroxylation is 2. The summed E-state index contributed by atoms with van der Waals surface area (Å²) in [6.45, 7) is 4.37. The van der Waals surface area contributed by atoms with E-state index in [0.29, 0.717) is 0 Å². The van der Waals surface area contributed by atoms with Crippen LogP contribution in [0.1, 0.15) is 48.1 Å². The van der Waals surface area contributed by atoms with Crippen molar-refractivity contribution in [3.05, 3.63) is 71.1 Å². The van der Waals surface area contributed by atoms with Crippen molar-refractivity contribution in [1.82, 2.24) is 19.7 Å². The van der Waals surface area contributed by atoms with E-state index in [1.54, 1.807) is 0 Å². The number of aromatic nitrogens is 4. The summed E-state index contributed by atoms with van der Waals surface area (Å²) < 4.78 is 2.04. The summed E-state index contributed by atoms with van der Waals surface area (Å²) in [6.07, 6.45) is 6.59. The number of H-pyrrole nitrogens is 1. The standard InChI is InChI=1S/C19H24N4/c1-4-16-18(17(5-2)23(3)22-16)15(19-20-11-12-21-19)13-14-9-7-6-8-10-14/h6-12,15H,4-5,13H2,1-3H3,(H,20,21). The predicted octanol–water partition coefficient (Wildman–Crippen LogP) is 3.64. The molecular formula is C19H24N4. The summed E-state index contributed by atoms with van der Waals surface area (Å²) >= 11 is 0. The molecule has 23 heavy (non-hydrogen) atoms. The molecule has 0 fully saturated rings. The highest BCUT2D eigenvalue weighted by Crippen LogP contribution is 2.32. The van der Waals surface area contributed by atoms with E-state index in [4.69, 9.17) is 5.10 Å². The van der Waals surface area contributed by atoms with Gasteiger partial charge in [0.25, 0.3) is 0 Å². The molecule has 2 heterocycles. The normalized spacial score (nSPS) is 12.5. The van der Waals surface area contributed by atoms with E-state index in [1.807, 2.05) is 24.1 Å². The Kier molecular flexibility index (Phi) is 4.60. The molecule has 0 amide bonds. The number of nitrogens with zero attached hydrogens (tertiary/aromatic N) is 3. The van der Waals surface area contributed by atoms with Crippen LogP contribution >= 0.6 is 0 Å². The van der Waals surface area contributed by atoms with E-state index in [1.165, 1.54) is 22.5 Å². The third kappa shape index (κ3) is 3.07. The highest BCUT2D eigenvalue weighted by Gasteiger charge is 2.26. The van der Waals surface area contributed by atoms with E-state index >= 15 is 0 Å². The quantitative estimate of drug-likeness (QED) is 0.755. The first kappa shape index (κ1) is 15.5. The maximum atomic E-state index is 4.75. The number of imidazole rings is 1. The summed E-state index contributed by atoms with van der Waals surface area (Å²) in [6, 6.07) is 10.6. The molecule has 0 aliphatic rings. The number of benzene rings is 1. The van der Waals surface area contributed by atoms with Crippen LogP contribution in [0.4, 0.5) is 0 Å². The maximum absolute atomic E-state index is 4.75. The summed E-state index contributed by atoms with van der Waals surface area (Å²) in [5.74, 6) is 1.23. The lowest BCUT2D eigenvalue weighted by Gasteiger charge is -2.17. The van der Waals surface area contributed by atoms with E-state index in [0.717, 1.165) is 25.1 Å². The molecule has 3 aromatic rings. The van der Waals surface area contributed by atoms with Gasteiger partial charge in [-0.3, -0.25) is 4.68 Å². The molecule has 4 nitrogen and oxygen atoms in total. The zero-order chi connectivity index (χ0) is 16.2. The molecule has 1 atom stereocenters. The van der Waals surface area contributed by atoms with Crippen molar-refractivity contribution in [2.24, 2.45) is 7.05 Å². The van der Waals surface area contributed by atoms with Gasteiger partial charge < -0.3 is 4.98 Å². The molecule has 2 aromatic heterocycles. The molecule has 0 aliphatic carbocycles. The lowest BCUT2D eigenvalue weighted by molar-refractivity contribution is 0.695. The highest BCUT2D eigenvalue weighted by atomic mass is 15.3. The molecular weight excluding hydrogens is 284 g/mol. The van der Waals surface area contributed by atoms with Gasteiger partial charge in [-0.1, -0.05) is 44.2 Å². The van der Waals surface area contributed by atoms with Crippen molar-refractivity contribution < 1.29 is 0 Å². The van der Waals surface area contributed by atoms with Gasteiger partial charge in [0.05, 0.1) is 5.69 Å². The van der Waals surface area contributed by atoms with Crippen molar-refractivity contribution in [1.29, 1.82) is 0 Å². The van der Waals surface area contributed by atoms with Crippen LogP contribution in [0.25, 0.3) is 0 Å². The second kappa shape index (κ2) is 6.82. The smallest absolute Gasteiger partial charge is 0.114 e. The predicted molar refractivity (Wildman–Crippen MR) is 92.5 cm³/mol. The molecule has 3 rings (SSSR count). The third-order valence-electron chi connectivity index (χ3n) is 4.43. The van der Waals surface area contributed by atoms with Crippen LogP contribution in [-0.4, -0.2) is 19.7 Å². The number of hydrogen-bond donors (Lipinski definition) is 1. The minimum Gasteiger partial charge on any atom is -0.348 e. The molecule has 4 heteroatoms. The van der Waals surface area contributed by atoms with Crippen LogP contribution < -0.4 is 0 Å². The summed E-state index contributed by atoms with van der Waals surface area (Å²) in [5.41, 5.74) is 5.15. The largest absolute Gasteiger partial charge is 0.348 e. The molecule has 1 N–H and O–H groups in total. The molecule has 1 aromatic carbocycles. The van der Waals surface area contributed by atoms with Crippen molar-refractivity contribution in [3.8, 4) is 0 Å². The summed E-state index contributed by atoms with van der Waals surface area (Å²) in [7, 11) is 2.04. The Morgan fingerprint density at radius 3 is 2.52 bits per heavy atom. The lowest BCUT2D eigenvalue weighted by Crippen LogP contribution is -2.11. The Balaban J connectivity index is 2.09. The van der Waals surface area contributed by atoms with E-state index < -0.39 is 0 Å². The molecule has 0 bridgehead atoms. The van der Waals surface area contributed by atoms with Gasteiger partial charge in [0.2, 0.25) is 0 Å². The maximum Gasteiger partial charge on any atom is 0.114 e. The Morgan fingerprint density at radius 2 is 1.91 bits per heavy atom. The van der Waals surface area contributed by atoms with Crippen molar-refractivity contribution in [3.63, 3.8) is 0 Å². The van der Waals surface area contributed by atoms with Crippen LogP contribution in [0.15, 0.2) is 42.7 Å². The number of aromatic amines is 1. The minimum absolute atomic E-state index is 0.214. The minimum atomic E-state index is 0.214. The van der Waals surface area contributed by atoms with E-state index in [2.05, 4.69) is 54.1 Å². The first-order valence-electron chi connectivity index (χ1n) is 8.32. The fourth-order valence-electron chi connectivity index (χ4n) is 3.37. The van der Waals surface area contributed by atoms with Crippen molar-refractivity contribution in [2.75, 3.05) is 0 Å². The van der Waals surface area contributed by atoms with Crippen LogP contribution in [0.3, 0.4) is 0 Å². The van der Waals surface area contributed by atoms with E-state index in [-0.39, 0.29) is 5.92 Å². The van der Waals surface area contributed by atoms with Crippen molar-refractivity contribution in [2.45, 2.75) is 39.0 Å². The Bertz CT molecular complexity index is 741. The van der Waals surface area contributed by atoms with Gasteiger partial charge in [-0.2, -0.15) is 5.10 Å². The summed E-state index contributed by atoms with van der Waals surface area (Å²) in [4.78, 5) is 7.88. The topological polar surface area (TPSA) is 46.5 Å². The average Bonchev–Trinajstić information content (AvgIpc) is 3.21. The Labute approximate surface area is 137 Å². The summed E-state index contributed by atoms with van der Waals surface area (Å²) in [5, 5.41) is 4.75. The van der Waals surface area contributed by atoms with Crippen LogP contribution in [0.5, 0.6) is 0 Å². The third-order valence-corrected chi connectivity index (χ3v) is 4.43. The first-order valence-corrected chi connectivity index (χ1v) is 8.32. The molecule has 0 radical (unpaired) electrons. The van der Waals surface area contributed by atoms with Gasteiger partial charge in [-0.25, -0.2) is 4.98 Å². The number of nitrogens with one attached hydrogen (secondary N) is 1. The molecule has 0 aliphatic heterocycles. The Hall–Kier alpha value is -2.36. The SMILES string of the molecule is CCc1nn(C)c(CC)c1C(Cc1ccccc1)c1ncc[nH]1. The number of hydrogen-bond acceptors (Lipinski definition) is 2. The van der Waals surface area contributed by atoms with Gasteiger partial charge in [0.1, 0.15) is 5.82 Å². The van der Waals surface area contributed by atoms with E-state index in [9.17, 15) is 0 Å². The fourth-order valence-corrected chi connectivity index (χ4v) is 3.37. The van der Waals surface area contributed by atoms with Crippen LogP contribution in [0.2, 0.25) is 0 Å². The van der Waals surface area contributed by atoms with Gasteiger partial charge in [0, 0.05) is 36.6 Å². The monoisotopic (exact) mass is 308 g/mol.